The van der Waals surface area contributed by atoms with Gasteiger partial charge in [-0.1, -0.05) is 30.7 Å². The molecule has 380 valence electrons. The van der Waals surface area contributed by atoms with E-state index in [1.807, 2.05) is 0 Å². The molecule has 4 aromatic rings. The summed E-state index contributed by atoms with van der Waals surface area (Å²) in [5.74, 6) is -10.0. The second-order valence-corrected chi connectivity index (χ2v) is 21.6. The highest BCUT2D eigenvalue weighted by molar-refractivity contribution is 7.93. The third-order valence-electron chi connectivity index (χ3n) is 11.9. The van der Waals surface area contributed by atoms with Gasteiger partial charge in [-0.3, -0.25) is 36.0 Å². The topological polar surface area (TPSA) is 219 Å². The molecule has 2 aliphatic rings. The number of hydrogen-bond acceptors (Lipinski definition) is 11. The van der Waals surface area contributed by atoms with E-state index in [0.29, 0.717) is 18.9 Å². The molecule has 0 unspecified atom stereocenters. The van der Waals surface area contributed by atoms with Gasteiger partial charge in [0.1, 0.15) is 29.5 Å². The number of ether oxygens (including phenoxy) is 1. The molecule has 1 amide bonds. The molecule has 6 rings (SSSR count). The number of amides is 1. The summed E-state index contributed by atoms with van der Waals surface area (Å²) >= 11 is 6.68. The third-order valence-corrected chi connectivity index (χ3v) is 15.3. The minimum atomic E-state index is -5.31. The van der Waals surface area contributed by atoms with Crippen molar-refractivity contribution in [2.45, 2.75) is 120 Å². The Morgan fingerprint density at radius 2 is 1.64 bits per heavy atom. The van der Waals surface area contributed by atoms with Crippen LogP contribution in [0.3, 0.4) is 0 Å². The average molecular weight is 1030 g/mol. The Balaban J connectivity index is 1.52. The van der Waals surface area contributed by atoms with Crippen LogP contribution in [0, 0.1) is 33.8 Å². The van der Waals surface area contributed by atoms with Crippen molar-refractivity contribution in [1.82, 2.24) is 25.4 Å². The summed E-state index contributed by atoms with van der Waals surface area (Å²) in [7, 11) is -3.62. The number of sulfone groups is 1. The van der Waals surface area contributed by atoms with Gasteiger partial charge < -0.3 is 20.5 Å². The number of allylic oxidation sites excluding steroid dienone is 2. The Hall–Kier alpha value is -5.75. The van der Waals surface area contributed by atoms with Crippen molar-refractivity contribution in [1.29, 1.82) is 16.2 Å². The molecule has 25 heteroatoms. The van der Waals surface area contributed by atoms with Crippen molar-refractivity contribution in [3.8, 4) is 11.1 Å². The van der Waals surface area contributed by atoms with Crippen LogP contribution < -0.4 is 16.0 Å². The molecule has 0 aliphatic heterocycles. The molecule has 1 saturated carbocycles. The van der Waals surface area contributed by atoms with E-state index in [1.54, 1.807) is 13.8 Å². The lowest BCUT2D eigenvalue weighted by molar-refractivity contribution is -0.121. The number of halogens is 10. The molecule has 2 atom stereocenters. The van der Waals surface area contributed by atoms with Gasteiger partial charge in [-0.15, -0.1) is 0 Å². The summed E-state index contributed by atoms with van der Waals surface area (Å²) < 4.78 is 161. The van der Waals surface area contributed by atoms with Crippen LogP contribution in [0.2, 0.25) is 5.02 Å². The van der Waals surface area contributed by atoms with Gasteiger partial charge in [0, 0.05) is 34.4 Å². The number of fused-ring (bicyclic) bond motifs is 1. The lowest BCUT2D eigenvalue weighted by Gasteiger charge is -2.26. The SMILES string of the molecule is C[C@@H]1CC(C(=N)C(F)(F)F)=C(NCC(=O)N[C@@H](Cc2cc(F)cc(F)c2)c2nc(CCC(C)(C)S(=O)(=O)C3CC3)ccc2-c2ccc(Cl)c3c(NC(=N)OC(=N)C(C)(C)O)nn(CC(F)F)c23)C1(F)F. The van der Waals surface area contributed by atoms with Gasteiger partial charge in [0.2, 0.25) is 11.8 Å². The first-order valence-corrected chi connectivity index (χ1v) is 23.6. The number of aromatic nitrogens is 3. The zero-order chi connectivity index (χ0) is 52.1. The van der Waals surface area contributed by atoms with Gasteiger partial charge in [0.05, 0.1) is 49.9 Å². The summed E-state index contributed by atoms with van der Waals surface area (Å²) in [6.07, 6.45) is -8.77. The smallest absolute Gasteiger partial charge is 0.408 e. The molecule has 0 radical (unpaired) electrons. The number of carbonyl (C=O) groups is 1. The Morgan fingerprint density at radius 1 is 1.01 bits per heavy atom. The van der Waals surface area contributed by atoms with Gasteiger partial charge in [-0.25, -0.2) is 26.0 Å². The van der Waals surface area contributed by atoms with Crippen LogP contribution in [-0.2, 0) is 38.8 Å². The number of aryl methyl sites for hydroxylation is 1. The molecule has 0 spiro atoms. The van der Waals surface area contributed by atoms with E-state index in [4.69, 9.17) is 37.5 Å². The van der Waals surface area contributed by atoms with E-state index < -0.39 is 128 Å². The van der Waals surface area contributed by atoms with Crippen molar-refractivity contribution in [2.24, 2.45) is 5.92 Å². The Kier molecular flexibility index (Phi) is 15.2. The van der Waals surface area contributed by atoms with E-state index in [-0.39, 0.29) is 62.7 Å². The zero-order valence-corrected chi connectivity index (χ0v) is 39.7. The molecule has 70 heavy (non-hydrogen) atoms. The largest absolute Gasteiger partial charge is 0.433 e. The highest BCUT2D eigenvalue weighted by atomic mass is 35.5. The highest BCUT2D eigenvalue weighted by Gasteiger charge is 2.52. The van der Waals surface area contributed by atoms with Crippen molar-refractivity contribution in [2.75, 3.05) is 11.9 Å². The number of nitrogens with zero attached hydrogens (tertiary/aromatic N) is 3. The zero-order valence-electron chi connectivity index (χ0n) is 38.1. The Labute approximate surface area is 400 Å². The van der Waals surface area contributed by atoms with Crippen molar-refractivity contribution in [3.05, 3.63) is 87.3 Å². The normalized spacial score (nSPS) is 17.0. The fourth-order valence-corrected chi connectivity index (χ4v) is 10.2. The van der Waals surface area contributed by atoms with E-state index in [1.165, 1.54) is 38.1 Å². The maximum atomic E-state index is 15.4. The van der Waals surface area contributed by atoms with Crippen molar-refractivity contribution in [3.63, 3.8) is 0 Å². The molecule has 1 fully saturated rings. The van der Waals surface area contributed by atoms with E-state index >= 15 is 8.78 Å². The maximum absolute atomic E-state index is 15.4. The number of rotatable bonds is 18. The van der Waals surface area contributed by atoms with Gasteiger partial charge in [-0.2, -0.15) is 27.1 Å². The maximum Gasteiger partial charge on any atom is 0.433 e. The minimum Gasteiger partial charge on any atom is -0.408 e. The predicted molar refractivity (Wildman–Crippen MR) is 243 cm³/mol. The first kappa shape index (κ1) is 53.6. The first-order chi connectivity index (χ1) is 32.3. The standard InChI is InChI=1S/C45H49ClF9N9O5S/c1-21-14-29(37(56)45(53,54)55)38(44(21,51)52)59-19-33(65)61-31(17-22-15-23(47)18-24(48)16-22)35-27(9-6-25(60-35)12-13-42(2,3)70(67,68)26-7-8-26)28-10-11-30(46)34-36(28)64(20-32(49)50)63-39(34)62-41(58)69-40(57)43(4,5)66/h6,9-11,15-16,18,21,26,31-32,56-57,59,66H,7-8,12-14,17,19-20H2,1-5H3,(H,61,65)(H2,58,62,63)/t21-,31+/m1/s1. The Morgan fingerprint density at radius 3 is 2.23 bits per heavy atom. The van der Waals surface area contributed by atoms with Gasteiger partial charge in [0.15, 0.2) is 15.7 Å². The first-order valence-electron chi connectivity index (χ1n) is 21.6. The number of alkyl halides is 7. The van der Waals surface area contributed by atoms with Crippen molar-refractivity contribution >= 4 is 61.7 Å². The third kappa shape index (κ3) is 11.7. The van der Waals surface area contributed by atoms with Crippen LogP contribution >= 0.6 is 11.6 Å². The predicted octanol–water partition coefficient (Wildman–Crippen LogP) is 9.20. The van der Waals surface area contributed by atoms with Crippen LogP contribution in [0.1, 0.15) is 83.3 Å². The Bertz CT molecular complexity index is 2860. The molecule has 2 aromatic carbocycles. The summed E-state index contributed by atoms with van der Waals surface area (Å²) in [5, 5.41) is 44.7. The molecular weight excluding hydrogens is 985 g/mol. The number of benzene rings is 2. The number of carbonyl (C=O) groups excluding carboxylic acids is 1. The second-order valence-electron chi connectivity index (χ2n) is 18.3. The fourth-order valence-electron chi connectivity index (χ4n) is 7.96. The highest BCUT2D eigenvalue weighted by Crippen LogP contribution is 2.46. The van der Waals surface area contributed by atoms with Gasteiger partial charge in [0.25, 0.3) is 18.4 Å². The van der Waals surface area contributed by atoms with Crippen LogP contribution in [0.15, 0.2) is 53.7 Å². The number of hydrogen-bond donors (Lipinski definition) is 7. The fraction of sp³-hybridized carbons (Fsp3) is 0.467. The van der Waals surface area contributed by atoms with Crippen LogP contribution in [0.4, 0.5) is 45.3 Å². The lowest BCUT2D eigenvalue weighted by atomic mass is 9.93. The van der Waals surface area contributed by atoms with E-state index in [9.17, 15) is 49.1 Å². The van der Waals surface area contributed by atoms with Gasteiger partial charge >= 0.3 is 6.18 Å². The van der Waals surface area contributed by atoms with Crippen LogP contribution in [0.5, 0.6) is 0 Å². The molecule has 0 saturated heterocycles. The molecule has 7 N–H and O–H groups in total. The van der Waals surface area contributed by atoms with Crippen LogP contribution in [-0.4, -0.2) is 92.5 Å². The molecule has 2 aromatic heterocycles. The van der Waals surface area contributed by atoms with E-state index in [2.05, 4.69) is 21.0 Å². The molecule has 2 heterocycles. The lowest BCUT2D eigenvalue weighted by Crippen LogP contribution is -2.41. The summed E-state index contributed by atoms with van der Waals surface area (Å²) in [6.45, 7) is 4.27. The quantitative estimate of drug-likeness (QED) is 0.0287. The van der Waals surface area contributed by atoms with Gasteiger partial charge in [-0.05, 0) is 96.0 Å². The summed E-state index contributed by atoms with van der Waals surface area (Å²) in [4.78, 5) is 18.8. The summed E-state index contributed by atoms with van der Waals surface area (Å²) in [6, 6.07) is 5.58. The molecular formula is C45H49ClF9N9O5S. The monoisotopic (exact) mass is 1030 g/mol. The molecule has 2 aliphatic carbocycles. The molecule has 0 bridgehead atoms. The van der Waals surface area contributed by atoms with Crippen molar-refractivity contribution < 1.29 is 62.6 Å². The van der Waals surface area contributed by atoms with Crippen LogP contribution in [0.25, 0.3) is 22.0 Å². The number of amidine groups is 1. The second kappa shape index (κ2) is 19.8. The average Bonchev–Trinajstić information content (AvgIpc) is 4.00. The minimum absolute atomic E-state index is 0.0160. The number of anilines is 1. The van der Waals surface area contributed by atoms with E-state index in [0.717, 1.165) is 23.7 Å². The number of aliphatic hydroxyl groups is 1. The number of nitrogens with one attached hydrogen (secondary N) is 6. The summed E-state index contributed by atoms with van der Waals surface area (Å²) in [5.41, 5.74) is -6.41. The molecule has 14 nitrogen and oxygen atoms in total. The number of pyridine rings is 1.